The maximum atomic E-state index is 2.41. The standard InChI is InChI=1S/C26H23I/c1-4-23-20(21-12-7-8-15-24(21)26(23,2)3)14-9-10-18-16-17-25(27)22-13-6-5-11-19(18)22/h4-17H,1-3H3/b10-9+,20-14-,23-4?. The predicted molar refractivity (Wildman–Crippen MR) is 127 cm³/mol. The van der Waals surface area contributed by atoms with Gasteiger partial charge in [0.1, 0.15) is 0 Å². The number of hydrogen-bond donors (Lipinski definition) is 0. The van der Waals surface area contributed by atoms with Gasteiger partial charge < -0.3 is 0 Å². The quantitative estimate of drug-likeness (QED) is 0.341. The fraction of sp³-hybridized carbons (Fsp3) is 0.154. The molecule has 0 saturated heterocycles. The summed E-state index contributed by atoms with van der Waals surface area (Å²) >= 11 is 2.41. The number of rotatable bonds is 2. The third-order valence-corrected chi connectivity index (χ3v) is 6.53. The third-order valence-electron chi connectivity index (χ3n) is 5.59. The molecule has 1 aliphatic rings. The second-order valence-electron chi connectivity index (χ2n) is 7.49. The number of fused-ring (bicyclic) bond motifs is 2. The van der Waals surface area contributed by atoms with Gasteiger partial charge in [0.05, 0.1) is 0 Å². The summed E-state index contributed by atoms with van der Waals surface area (Å²) in [5.74, 6) is 0. The zero-order valence-electron chi connectivity index (χ0n) is 16.0. The van der Waals surface area contributed by atoms with Gasteiger partial charge in [0, 0.05) is 8.99 Å². The van der Waals surface area contributed by atoms with E-state index < -0.39 is 0 Å². The van der Waals surface area contributed by atoms with Crippen molar-refractivity contribution in [1.29, 1.82) is 0 Å². The summed E-state index contributed by atoms with van der Waals surface area (Å²) in [5, 5.41) is 2.62. The maximum absolute atomic E-state index is 2.41. The molecule has 0 heterocycles. The number of halogens is 1. The molecule has 27 heavy (non-hydrogen) atoms. The van der Waals surface area contributed by atoms with Gasteiger partial charge in [-0.05, 0) is 74.2 Å². The van der Waals surface area contributed by atoms with Crippen molar-refractivity contribution in [2.75, 3.05) is 0 Å². The summed E-state index contributed by atoms with van der Waals surface area (Å²) < 4.78 is 1.29. The lowest BCUT2D eigenvalue weighted by atomic mass is 9.82. The van der Waals surface area contributed by atoms with E-state index in [0.717, 1.165) is 0 Å². The number of benzene rings is 3. The van der Waals surface area contributed by atoms with Crippen LogP contribution in [0.5, 0.6) is 0 Å². The lowest BCUT2D eigenvalue weighted by Gasteiger charge is -2.21. The van der Waals surface area contributed by atoms with Gasteiger partial charge in [0.2, 0.25) is 0 Å². The molecule has 3 aromatic rings. The molecule has 0 fully saturated rings. The van der Waals surface area contributed by atoms with Crippen molar-refractivity contribution in [2.24, 2.45) is 0 Å². The summed E-state index contributed by atoms with van der Waals surface area (Å²) in [6.07, 6.45) is 8.97. The van der Waals surface area contributed by atoms with Crippen molar-refractivity contribution in [1.82, 2.24) is 0 Å². The lowest BCUT2D eigenvalue weighted by Crippen LogP contribution is -2.14. The Morgan fingerprint density at radius 3 is 2.33 bits per heavy atom. The number of allylic oxidation sites excluding steroid dienone is 5. The second-order valence-corrected chi connectivity index (χ2v) is 8.66. The molecule has 134 valence electrons. The zero-order valence-corrected chi connectivity index (χ0v) is 18.1. The summed E-state index contributed by atoms with van der Waals surface area (Å²) in [6, 6.07) is 21.8. The Morgan fingerprint density at radius 1 is 0.852 bits per heavy atom. The van der Waals surface area contributed by atoms with Gasteiger partial charge in [0.15, 0.2) is 0 Å². The van der Waals surface area contributed by atoms with E-state index in [2.05, 4.69) is 128 Å². The van der Waals surface area contributed by atoms with Crippen LogP contribution in [0.15, 0.2) is 84.5 Å². The van der Waals surface area contributed by atoms with E-state index in [-0.39, 0.29) is 5.41 Å². The van der Waals surface area contributed by atoms with Crippen molar-refractivity contribution in [3.8, 4) is 0 Å². The average Bonchev–Trinajstić information content (AvgIpc) is 2.90. The predicted octanol–water partition coefficient (Wildman–Crippen LogP) is 7.78. The normalized spacial score (nSPS) is 18.7. The molecule has 1 aliphatic carbocycles. The molecule has 0 nitrogen and oxygen atoms in total. The fourth-order valence-electron chi connectivity index (χ4n) is 4.26. The highest BCUT2D eigenvalue weighted by molar-refractivity contribution is 14.1. The van der Waals surface area contributed by atoms with Crippen LogP contribution in [0.25, 0.3) is 22.4 Å². The summed E-state index contributed by atoms with van der Waals surface area (Å²) in [4.78, 5) is 0. The molecule has 3 aromatic carbocycles. The van der Waals surface area contributed by atoms with E-state index in [1.807, 2.05) is 0 Å². The highest BCUT2D eigenvalue weighted by Gasteiger charge is 2.36. The van der Waals surface area contributed by atoms with E-state index in [0.29, 0.717) is 0 Å². The van der Waals surface area contributed by atoms with E-state index >= 15 is 0 Å². The largest absolute Gasteiger partial charge is 0.0829 e. The third kappa shape index (κ3) is 3.08. The molecule has 0 saturated carbocycles. The first-order valence-electron chi connectivity index (χ1n) is 9.36. The van der Waals surface area contributed by atoms with Crippen LogP contribution in [0, 0.1) is 3.57 Å². The van der Waals surface area contributed by atoms with Crippen LogP contribution in [0.1, 0.15) is 37.5 Å². The lowest BCUT2D eigenvalue weighted by molar-refractivity contribution is 0.659. The van der Waals surface area contributed by atoms with Crippen molar-refractivity contribution >= 4 is 45.0 Å². The van der Waals surface area contributed by atoms with Gasteiger partial charge in [-0.15, -0.1) is 0 Å². The van der Waals surface area contributed by atoms with Crippen LogP contribution in [0.3, 0.4) is 0 Å². The molecule has 0 bridgehead atoms. The first-order valence-corrected chi connectivity index (χ1v) is 10.4. The van der Waals surface area contributed by atoms with E-state index in [1.54, 1.807) is 0 Å². The maximum Gasteiger partial charge on any atom is 0.0209 e. The van der Waals surface area contributed by atoms with Crippen LogP contribution < -0.4 is 0 Å². The average molecular weight is 462 g/mol. The minimum Gasteiger partial charge on any atom is -0.0829 e. The molecule has 0 unspecified atom stereocenters. The second kappa shape index (κ2) is 7.12. The van der Waals surface area contributed by atoms with Crippen LogP contribution in [-0.2, 0) is 5.41 Å². The summed E-state index contributed by atoms with van der Waals surface area (Å²) in [7, 11) is 0. The van der Waals surface area contributed by atoms with Crippen molar-refractivity contribution in [3.63, 3.8) is 0 Å². The van der Waals surface area contributed by atoms with Gasteiger partial charge in [0.25, 0.3) is 0 Å². The molecule has 4 rings (SSSR count). The topological polar surface area (TPSA) is 0 Å². The molecule has 0 amide bonds. The molecular formula is C26H23I. The minimum atomic E-state index is 0.0561. The Hall–Kier alpha value is -2.13. The Balaban J connectivity index is 1.79. The molecular weight excluding hydrogens is 439 g/mol. The van der Waals surface area contributed by atoms with E-state index in [9.17, 15) is 0 Å². The van der Waals surface area contributed by atoms with Crippen molar-refractivity contribution < 1.29 is 0 Å². The minimum absolute atomic E-state index is 0.0561. The molecule has 0 atom stereocenters. The Kier molecular flexibility index (Phi) is 4.81. The summed E-state index contributed by atoms with van der Waals surface area (Å²) in [5.41, 5.74) is 6.83. The molecule has 0 aliphatic heterocycles. The van der Waals surface area contributed by atoms with E-state index in [1.165, 1.54) is 42.2 Å². The molecule has 0 radical (unpaired) electrons. The SMILES string of the molecule is CC=C1/C(=C\C=C\c2ccc(I)c3ccccc23)c2ccccc2C1(C)C. The van der Waals surface area contributed by atoms with Gasteiger partial charge in [-0.1, -0.05) is 92.7 Å². The van der Waals surface area contributed by atoms with Crippen LogP contribution in [0.2, 0.25) is 0 Å². The first kappa shape index (κ1) is 18.2. The Labute approximate surface area is 175 Å². The Morgan fingerprint density at radius 2 is 1.56 bits per heavy atom. The van der Waals surface area contributed by atoms with Crippen molar-refractivity contribution in [3.05, 3.63) is 105 Å². The van der Waals surface area contributed by atoms with Gasteiger partial charge in [-0.2, -0.15) is 0 Å². The summed E-state index contributed by atoms with van der Waals surface area (Å²) in [6.45, 7) is 6.78. The fourth-order valence-corrected chi connectivity index (χ4v) is 4.91. The highest BCUT2D eigenvalue weighted by Crippen LogP contribution is 2.49. The highest BCUT2D eigenvalue weighted by atomic mass is 127. The monoisotopic (exact) mass is 462 g/mol. The molecule has 0 aromatic heterocycles. The Bertz CT molecular complexity index is 1110. The van der Waals surface area contributed by atoms with Gasteiger partial charge >= 0.3 is 0 Å². The van der Waals surface area contributed by atoms with Gasteiger partial charge in [-0.3, -0.25) is 0 Å². The van der Waals surface area contributed by atoms with Gasteiger partial charge in [-0.25, -0.2) is 0 Å². The smallest absolute Gasteiger partial charge is 0.0209 e. The van der Waals surface area contributed by atoms with E-state index in [4.69, 9.17) is 0 Å². The molecule has 1 heteroatoms. The molecule has 0 spiro atoms. The first-order chi connectivity index (χ1) is 13.0. The van der Waals surface area contributed by atoms with Crippen LogP contribution in [0.4, 0.5) is 0 Å². The molecule has 0 N–H and O–H groups in total. The van der Waals surface area contributed by atoms with Crippen LogP contribution in [-0.4, -0.2) is 0 Å². The van der Waals surface area contributed by atoms with Crippen molar-refractivity contribution in [2.45, 2.75) is 26.2 Å². The van der Waals surface area contributed by atoms with Crippen LogP contribution >= 0.6 is 22.6 Å². The number of hydrogen-bond acceptors (Lipinski definition) is 0. The zero-order chi connectivity index (χ0) is 19.0.